The molecule has 1 saturated carbocycles. The maximum Gasteiger partial charge on any atom is 0.255 e. The van der Waals surface area contributed by atoms with E-state index in [1.165, 1.54) is 6.20 Å². The van der Waals surface area contributed by atoms with Gasteiger partial charge in [-0.2, -0.15) is 0 Å². The highest BCUT2D eigenvalue weighted by Crippen LogP contribution is 2.31. The van der Waals surface area contributed by atoms with Crippen molar-refractivity contribution in [1.29, 1.82) is 0 Å². The number of fused-ring (bicyclic) bond motifs is 1. The maximum absolute atomic E-state index is 12.5. The molecule has 19 heavy (non-hydrogen) atoms. The van der Waals surface area contributed by atoms with Crippen LogP contribution in [-0.4, -0.2) is 41.1 Å². The highest BCUT2D eigenvalue weighted by molar-refractivity contribution is 6.41. The van der Waals surface area contributed by atoms with Gasteiger partial charge in [0.05, 0.1) is 29.3 Å². The van der Waals surface area contributed by atoms with Gasteiger partial charge in [-0.05, 0) is 25.3 Å². The third-order valence-electron chi connectivity index (χ3n) is 3.79. The quantitative estimate of drug-likeness (QED) is 0.749. The highest BCUT2D eigenvalue weighted by atomic mass is 35.5. The van der Waals surface area contributed by atoms with Crippen molar-refractivity contribution in [2.45, 2.75) is 31.4 Å². The highest BCUT2D eigenvalue weighted by Gasteiger charge is 2.38. The number of aromatic nitrogens is 1. The van der Waals surface area contributed by atoms with Crippen molar-refractivity contribution in [3.05, 3.63) is 28.0 Å². The average molecular weight is 301 g/mol. The number of hydrogen-bond donors (Lipinski definition) is 0. The van der Waals surface area contributed by atoms with Gasteiger partial charge in [0.15, 0.2) is 0 Å². The fourth-order valence-corrected chi connectivity index (χ4v) is 3.15. The molecule has 6 heteroatoms. The Hall–Kier alpha value is -0.840. The lowest BCUT2D eigenvalue weighted by molar-refractivity contribution is -0.0445. The summed E-state index contributed by atoms with van der Waals surface area (Å²) in [6.45, 7) is 1.22. The molecule has 4 nitrogen and oxygen atoms in total. The number of carbonyl (C=O) groups excluding carboxylic acids is 1. The lowest BCUT2D eigenvalue weighted by Crippen LogP contribution is -2.51. The first-order valence-corrected chi connectivity index (χ1v) is 7.16. The molecule has 1 aliphatic heterocycles. The molecular weight excluding hydrogens is 287 g/mol. The summed E-state index contributed by atoms with van der Waals surface area (Å²) in [6.07, 6.45) is 4.82. The smallest absolute Gasteiger partial charge is 0.255 e. The summed E-state index contributed by atoms with van der Waals surface area (Å²) in [7, 11) is 0. The summed E-state index contributed by atoms with van der Waals surface area (Å²) in [6, 6.07) is 1.77. The molecule has 2 fully saturated rings. The predicted octanol–water partition coefficient (Wildman–Crippen LogP) is 2.78. The van der Waals surface area contributed by atoms with Crippen LogP contribution in [0.3, 0.4) is 0 Å². The maximum atomic E-state index is 12.5. The Balaban J connectivity index is 1.84. The molecule has 2 heterocycles. The van der Waals surface area contributed by atoms with E-state index in [0.717, 1.165) is 19.3 Å². The molecule has 0 spiro atoms. The van der Waals surface area contributed by atoms with E-state index >= 15 is 0 Å². The van der Waals surface area contributed by atoms with Gasteiger partial charge in [-0.1, -0.05) is 23.2 Å². The molecule has 1 aliphatic carbocycles. The van der Waals surface area contributed by atoms with Crippen LogP contribution in [0, 0.1) is 0 Å². The van der Waals surface area contributed by atoms with Gasteiger partial charge in [0.25, 0.3) is 5.91 Å². The van der Waals surface area contributed by atoms with Gasteiger partial charge < -0.3 is 9.64 Å². The lowest BCUT2D eigenvalue weighted by atomic mass is 10.1. The first-order valence-electron chi connectivity index (χ1n) is 6.40. The van der Waals surface area contributed by atoms with Crippen molar-refractivity contribution < 1.29 is 9.53 Å². The second kappa shape index (κ2) is 5.27. The summed E-state index contributed by atoms with van der Waals surface area (Å²) >= 11 is 11.7. The summed E-state index contributed by atoms with van der Waals surface area (Å²) in [5.74, 6) is -0.0359. The molecule has 0 N–H and O–H groups in total. The molecule has 1 aromatic rings. The molecule has 2 atom stereocenters. The number of ether oxygens (including phenoxy) is 1. The molecule has 2 aliphatic rings. The van der Waals surface area contributed by atoms with E-state index in [9.17, 15) is 4.79 Å². The minimum absolute atomic E-state index is 0.0359. The van der Waals surface area contributed by atoms with Gasteiger partial charge in [-0.3, -0.25) is 4.79 Å². The van der Waals surface area contributed by atoms with Gasteiger partial charge in [-0.25, -0.2) is 4.98 Å². The van der Waals surface area contributed by atoms with E-state index in [1.54, 1.807) is 6.07 Å². The van der Waals surface area contributed by atoms with Gasteiger partial charge in [-0.15, -0.1) is 0 Å². The van der Waals surface area contributed by atoms with Crippen molar-refractivity contribution in [3.8, 4) is 0 Å². The Kier molecular flexibility index (Phi) is 3.65. The Morgan fingerprint density at radius 3 is 3.05 bits per heavy atom. The number of hydrogen-bond acceptors (Lipinski definition) is 3. The SMILES string of the molecule is O=C(c1cnc(Cl)c(Cl)c1)N1CCOC2CCCC21. The van der Waals surface area contributed by atoms with Crippen molar-refractivity contribution in [2.75, 3.05) is 13.2 Å². The number of morpholine rings is 1. The molecule has 1 aromatic heterocycles. The van der Waals surface area contributed by atoms with Crippen molar-refractivity contribution >= 4 is 29.1 Å². The zero-order valence-corrected chi connectivity index (χ0v) is 11.8. The monoisotopic (exact) mass is 300 g/mol. The number of pyridine rings is 1. The molecule has 1 amide bonds. The fraction of sp³-hybridized carbons (Fsp3) is 0.538. The van der Waals surface area contributed by atoms with Crippen LogP contribution in [0.15, 0.2) is 12.3 Å². The second-order valence-electron chi connectivity index (χ2n) is 4.90. The Bertz CT molecular complexity index is 509. The van der Waals surface area contributed by atoms with Gasteiger partial charge in [0, 0.05) is 12.7 Å². The zero-order valence-electron chi connectivity index (χ0n) is 10.3. The number of nitrogens with zero attached hydrogens (tertiary/aromatic N) is 2. The van der Waals surface area contributed by atoms with Gasteiger partial charge in [0.2, 0.25) is 0 Å². The van der Waals surface area contributed by atoms with Crippen molar-refractivity contribution in [2.24, 2.45) is 0 Å². The fourth-order valence-electron chi connectivity index (χ4n) is 2.88. The Morgan fingerprint density at radius 2 is 2.26 bits per heavy atom. The average Bonchev–Trinajstić information content (AvgIpc) is 2.89. The molecule has 1 saturated heterocycles. The zero-order chi connectivity index (χ0) is 13.4. The van der Waals surface area contributed by atoms with E-state index in [-0.39, 0.29) is 23.2 Å². The number of amides is 1. The largest absolute Gasteiger partial charge is 0.374 e. The minimum Gasteiger partial charge on any atom is -0.374 e. The first-order chi connectivity index (χ1) is 9.16. The van der Waals surface area contributed by atoms with Gasteiger partial charge >= 0.3 is 0 Å². The molecule has 3 rings (SSSR count). The predicted molar refractivity (Wildman–Crippen MR) is 72.7 cm³/mol. The van der Waals surface area contributed by atoms with Crippen molar-refractivity contribution in [1.82, 2.24) is 9.88 Å². The summed E-state index contributed by atoms with van der Waals surface area (Å²) < 4.78 is 5.70. The van der Waals surface area contributed by atoms with E-state index in [1.807, 2.05) is 4.90 Å². The molecule has 0 bridgehead atoms. The van der Waals surface area contributed by atoms with Crippen molar-refractivity contribution in [3.63, 3.8) is 0 Å². The molecule has 0 radical (unpaired) electrons. The van der Waals surface area contributed by atoms with Crippen LogP contribution in [0.4, 0.5) is 0 Å². The Labute approximate surface area is 121 Å². The van der Waals surface area contributed by atoms with Crippen LogP contribution in [0.2, 0.25) is 10.2 Å². The lowest BCUT2D eigenvalue weighted by Gasteiger charge is -2.37. The second-order valence-corrected chi connectivity index (χ2v) is 5.67. The van der Waals surface area contributed by atoms with Crippen LogP contribution in [0.5, 0.6) is 0 Å². The Morgan fingerprint density at radius 1 is 1.42 bits per heavy atom. The normalized spacial score (nSPS) is 26.3. The molecule has 0 aromatic carbocycles. The summed E-state index contributed by atoms with van der Waals surface area (Å²) in [4.78, 5) is 18.4. The van der Waals surface area contributed by atoms with Crippen LogP contribution in [-0.2, 0) is 4.74 Å². The summed E-state index contributed by atoms with van der Waals surface area (Å²) in [5.41, 5.74) is 0.488. The number of halogens is 2. The van der Waals surface area contributed by atoms with Crippen LogP contribution < -0.4 is 0 Å². The van der Waals surface area contributed by atoms with E-state index in [2.05, 4.69) is 4.98 Å². The summed E-state index contributed by atoms with van der Waals surface area (Å²) in [5, 5.41) is 0.530. The molecule has 102 valence electrons. The third kappa shape index (κ3) is 2.45. The number of rotatable bonds is 1. The van der Waals surface area contributed by atoms with E-state index in [0.29, 0.717) is 23.7 Å². The molecule has 2 unspecified atom stereocenters. The third-order valence-corrected chi connectivity index (χ3v) is 4.47. The van der Waals surface area contributed by atoms with Crippen LogP contribution in [0.25, 0.3) is 0 Å². The topological polar surface area (TPSA) is 42.4 Å². The van der Waals surface area contributed by atoms with Crippen LogP contribution in [0.1, 0.15) is 29.6 Å². The number of carbonyl (C=O) groups is 1. The van der Waals surface area contributed by atoms with E-state index < -0.39 is 0 Å². The minimum atomic E-state index is -0.0359. The van der Waals surface area contributed by atoms with E-state index in [4.69, 9.17) is 27.9 Å². The standard InChI is InChI=1S/C13H14Cl2N2O2/c14-9-6-8(7-16-12(9)15)13(18)17-4-5-19-11-3-1-2-10(11)17/h6-7,10-11H,1-5H2. The van der Waals surface area contributed by atoms with Crippen LogP contribution >= 0.6 is 23.2 Å². The molecular formula is C13H14Cl2N2O2. The first kappa shape index (κ1) is 13.2. The van der Waals surface area contributed by atoms with Gasteiger partial charge in [0.1, 0.15) is 5.15 Å².